The Morgan fingerprint density at radius 3 is 2.53 bits per heavy atom. The number of nitrogens with zero attached hydrogens (tertiary/aromatic N) is 1. The zero-order valence-corrected chi connectivity index (χ0v) is 10.1. The molecule has 2 aliphatic rings. The molecule has 1 aliphatic heterocycles. The van der Waals surface area contributed by atoms with E-state index in [1.54, 1.807) is 0 Å². The molecule has 0 radical (unpaired) electrons. The number of hydrogen-bond donors (Lipinski definition) is 2. The molecule has 3 nitrogen and oxygen atoms in total. The molecule has 0 spiro atoms. The first-order valence-corrected chi connectivity index (χ1v) is 6.56. The Labute approximate surface area is 102 Å². The summed E-state index contributed by atoms with van der Waals surface area (Å²) >= 11 is 0. The molecule has 1 unspecified atom stereocenters. The Hall–Kier alpha value is -1.06. The molecule has 1 aromatic carbocycles. The normalized spacial score (nSPS) is 24.3. The predicted octanol–water partition coefficient (Wildman–Crippen LogP) is 1.51. The van der Waals surface area contributed by atoms with Gasteiger partial charge < -0.3 is 15.3 Å². The maximum atomic E-state index is 9.52. The number of rotatable bonds is 4. The lowest BCUT2D eigenvalue weighted by atomic mass is 10.2. The van der Waals surface area contributed by atoms with E-state index < -0.39 is 0 Å². The Morgan fingerprint density at radius 2 is 1.94 bits per heavy atom. The van der Waals surface area contributed by atoms with E-state index in [0.29, 0.717) is 0 Å². The molecule has 1 aliphatic carbocycles. The van der Waals surface area contributed by atoms with Gasteiger partial charge in [-0.25, -0.2) is 0 Å². The summed E-state index contributed by atoms with van der Waals surface area (Å²) in [7, 11) is 0. The molecule has 17 heavy (non-hydrogen) atoms. The van der Waals surface area contributed by atoms with Crippen molar-refractivity contribution in [2.24, 2.45) is 0 Å². The highest BCUT2D eigenvalue weighted by Gasteiger charge is 2.21. The molecule has 1 saturated heterocycles. The largest absolute Gasteiger partial charge is 0.391 e. The van der Waals surface area contributed by atoms with Gasteiger partial charge in [0, 0.05) is 31.4 Å². The third kappa shape index (κ3) is 2.79. The van der Waals surface area contributed by atoms with Crippen LogP contribution in [-0.2, 0) is 6.54 Å². The molecule has 92 valence electrons. The van der Waals surface area contributed by atoms with Crippen LogP contribution in [0.3, 0.4) is 0 Å². The first kappa shape index (κ1) is 11.1. The second kappa shape index (κ2) is 4.67. The molecule has 0 bridgehead atoms. The van der Waals surface area contributed by atoms with Crippen molar-refractivity contribution >= 4 is 5.69 Å². The molecule has 3 rings (SSSR count). The van der Waals surface area contributed by atoms with Crippen molar-refractivity contribution in [3.05, 3.63) is 29.8 Å². The summed E-state index contributed by atoms with van der Waals surface area (Å²) in [6.07, 6.45) is 3.42. The van der Waals surface area contributed by atoms with Crippen molar-refractivity contribution in [1.29, 1.82) is 0 Å². The van der Waals surface area contributed by atoms with Crippen LogP contribution in [0.25, 0.3) is 0 Å². The lowest BCUT2D eigenvalue weighted by molar-refractivity contribution is 0.198. The fraction of sp³-hybridized carbons (Fsp3) is 0.571. The highest BCUT2D eigenvalue weighted by Crippen LogP contribution is 2.22. The molecule has 1 heterocycles. The minimum atomic E-state index is -0.147. The second-order valence-electron chi connectivity index (χ2n) is 5.21. The number of nitrogens with one attached hydrogen (secondary N) is 1. The van der Waals surface area contributed by atoms with Crippen molar-refractivity contribution in [1.82, 2.24) is 5.32 Å². The van der Waals surface area contributed by atoms with Gasteiger partial charge in [-0.15, -0.1) is 0 Å². The highest BCUT2D eigenvalue weighted by molar-refractivity contribution is 5.48. The first-order valence-electron chi connectivity index (χ1n) is 6.56. The van der Waals surface area contributed by atoms with Gasteiger partial charge in [0.2, 0.25) is 0 Å². The van der Waals surface area contributed by atoms with Crippen molar-refractivity contribution < 1.29 is 5.11 Å². The lowest BCUT2D eigenvalue weighted by Gasteiger charge is -2.18. The average molecular weight is 232 g/mol. The quantitative estimate of drug-likeness (QED) is 0.826. The maximum absolute atomic E-state index is 9.52. The molecule has 1 atom stereocenters. The van der Waals surface area contributed by atoms with E-state index in [1.165, 1.54) is 24.1 Å². The highest BCUT2D eigenvalue weighted by atomic mass is 16.3. The smallest absolute Gasteiger partial charge is 0.0731 e. The zero-order chi connectivity index (χ0) is 11.7. The van der Waals surface area contributed by atoms with Gasteiger partial charge in [0.15, 0.2) is 0 Å². The van der Waals surface area contributed by atoms with Crippen LogP contribution in [0, 0.1) is 0 Å². The number of benzene rings is 1. The molecular formula is C14H20N2O. The van der Waals surface area contributed by atoms with Gasteiger partial charge in [-0.3, -0.25) is 0 Å². The van der Waals surface area contributed by atoms with Crippen molar-refractivity contribution in [2.75, 3.05) is 18.0 Å². The SMILES string of the molecule is OC1CCN(c2ccc(CNC3CC3)cc2)C1. The van der Waals surface area contributed by atoms with Gasteiger partial charge in [-0.1, -0.05) is 12.1 Å². The summed E-state index contributed by atoms with van der Waals surface area (Å²) < 4.78 is 0. The summed E-state index contributed by atoms with van der Waals surface area (Å²) in [5.74, 6) is 0. The zero-order valence-electron chi connectivity index (χ0n) is 10.1. The van der Waals surface area contributed by atoms with E-state index in [0.717, 1.165) is 32.1 Å². The Bertz CT molecular complexity index is 372. The standard InChI is InChI=1S/C14H20N2O/c17-14-7-8-16(10-14)13-5-1-11(2-6-13)9-15-12-3-4-12/h1-2,5-6,12,14-15,17H,3-4,7-10H2. The van der Waals surface area contributed by atoms with E-state index in [2.05, 4.69) is 34.5 Å². The number of β-amino-alcohol motifs (C(OH)–C–C–N with tert-alkyl or cyclic N) is 1. The van der Waals surface area contributed by atoms with Crippen LogP contribution in [0.15, 0.2) is 24.3 Å². The van der Waals surface area contributed by atoms with Crippen LogP contribution < -0.4 is 10.2 Å². The molecule has 3 heteroatoms. The monoisotopic (exact) mass is 232 g/mol. The summed E-state index contributed by atoms with van der Waals surface area (Å²) in [5, 5.41) is 13.0. The van der Waals surface area contributed by atoms with E-state index in [-0.39, 0.29) is 6.10 Å². The molecule has 0 aromatic heterocycles. The van der Waals surface area contributed by atoms with Crippen LogP contribution in [0.2, 0.25) is 0 Å². The Morgan fingerprint density at radius 1 is 1.18 bits per heavy atom. The van der Waals surface area contributed by atoms with Crippen molar-refractivity contribution in [3.63, 3.8) is 0 Å². The van der Waals surface area contributed by atoms with Gasteiger partial charge in [-0.2, -0.15) is 0 Å². The average Bonchev–Trinajstić information content (AvgIpc) is 3.09. The number of aliphatic hydroxyl groups is 1. The summed E-state index contributed by atoms with van der Waals surface area (Å²) in [6, 6.07) is 9.48. The van der Waals surface area contributed by atoms with Gasteiger partial charge in [0.1, 0.15) is 0 Å². The first-order chi connectivity index (χ1) is 8.31. The number of aliphatic hydroxyl groups excluding tert-OH is 1. The van der Waals surface area contributed by atoms with Gasteiger partial charge in [-0.05, 0) is 37.0 Å². The molecule has 0 amide bonds. The lowest BCUT2D eigenvalue weighted by Crippen LogP contribution is -2.21. The molecule has 2 fully saturated rings. The fourth-order valence-electron chi connectivity index (χ4n) is 2.35. The second-order valence-corrected chi connectivity index (χ2v) is 5.21. The van der Waals surface area contributed by atoms with Crippen molar-refractivity contribution in [2.45, 2.75) is 38.0 Å². The number of anilines is 1. The third-order valence-corrected chi connectivity index (χ3v) is 3.64. The fourth-order valence-corrected chi connectivity index (χ4v) is 2.35. The molecular weight excluding hydrogens is 212 g/mol. The van der Waals surface area contributed by atoms with Crippen LogP contribution in [0.5, 0.6) is 0 Å². The minimum absolute atomic E-state index is 0.147. The van der Waals surface area contributed by atoms with Crippen LogP contribution in [-0.4, -0.2) is 30.3 Å². The van der Waals surface area contributed by atoms with Gasteiger partial charge >= 0.3 is 0 Å². The van der Waals surface area contributed by atoms with E-state index in [9.17, 15) is 5.11 Å². The molecule has 1 saturated carbocycles. The third-order valence-electron chi connectivity index (χ3n) is 3.64. The van der Waals surface area contributed by atoms with Crippen LogP contribution in [0.4, 0.5) is 5.69 Å². The minimum Gasteiger partial charge on any atom is -0.391 e. The van der Waals surface area contributed by atoms with E-state index >= 15 is 0 Å². The molecule has 2 N–H and O–H groups in total. The summed E-state index contributed by atoms with van der Waals surface area (Å²) in [6.45, 7) is 2.73. The van der Waals surface area contributed by atoms with E-state index in [4.69, 9.17) is 0 Å². The van der Waals surface area contributed by atoms with E-state index in [1.807, 2.05) is 0 Å². The van der Waals surface area contributed by atoms with Crippen molar-refractivity contribution in [3.8, 4) is 0 Å². The maximum Gasteiger partial charge on any atom is 0.0731 e. The summed E-state index contributed by atoms with van der Waals surface area (Å²) in [5.41, 5.74) is 2.58. The van der Waals surface area contributed by atoms with Crippen LogP contribution >= 0.6 is 0 Å². The van der Waals surface area contributed by atoms with Crippen LogP contribution in [0.1, 0.15) is 24.8 Å². The molecule has 1 aromatic rings. The number of hydrogen-bond acceptors (Lipinski definition) is 3. The topological polar surface area (TPSA) is 35.5 Å². The summed E-state index contributed by atoms with van der Waals surface area (Å²) in [4.78, 5) is 2.25. The van der Waals surface area contributed by atoms with Gasteiger partial charge in [0.05, 0.1) is 6.10 Å². The van der Waals surface area contributed by atoms with Gasteiger partial charge in [0.25, 0.3) is 0 Å². The predicted molar refractivity (Wildman–Crippen MR) is 69.1 cm³/mol. The Kier molecular flexibility index (Phi) is 3.04. The Balaban J connectivity index is 1.58.